The molecule has 0 bridgehead atoms. The molecule has 1 aliphatic heterocycles. The second-order valence-electron chi connectivity index (χ2n) is 9.96. The molecule has 8 N–H and O–H groups in total. The lowest BCUT2D eigenvalue weighted by Crippen LogP contribution is -2.40. The molecule has 0 aliphatic carbocycles. The number of amides is 1. The van der Waals surface area contributed by atoms with Gasteiger partial charge in [0.15, 0.2) is 28.4 Å². The fourth-order valence-corrected chi connectivity index (χ4v) is 4.51. The molecule has 4 rings (SSSR count). The van der Waals surface area contributed by atoms with E-state index in [-0.39, 0.29) is 41.1 Å². The van der Waals surface area contributed by atoms with Crippen LogP contribution < -0.4 is 27.3 Å². The molecule has 17 heteroatoms. The number of benzene rings is 1. The minimum atomic E-state index is -0.659. The SMILES string of the molecule is NC(=NC1CCN(Cc2ccc(OCc3cn(CCOCCOCCO)nn3)cc2)CC1)NC(=O)c1nc(Cl)c(N)nc1N. The topological polar surface area (TPSA) is 227 Å². The van der Waals surface area contributed by atoms with E-state index < -0.39 is 5.91 Å². The minimum Gasteiger partial charge on any atom is -0.487 e. The summed E-state index contributed by atoms with van der Waals surface area (Å²) >= 11 is 5.85. The molecule has 1 amide bonds. The molecule has 3 aromatic rings. The van der Waals surface area contributed by atoms with Crippen LogP contribution in [-0.2, 0) is 29.2 Å². The van der Waals surface area contributed by atoms with E-state index in [0.29, 0.717) is 39.6 Å². The number of nitrogens with one attached hydrogen (secondary N) is 1. The number of guanidine groups is 1. The van der Waals surface area contributed by atoms with Gasteiger partial charge in [-0.25, -0.2) is 19.6 Å². The Bertz CT molecular complexity index is 1380. The summed E-state index contributed by atoms with van der Waals surface area (Å²) in [6, 6.07) is 7.95. The summed E-state index contributed by atoms with van der Waals surface area (Å²) < 4.78 is 18.2. The highest BCUT2D eigenvalue weighted by Crippen LogP contribution is 2.20. The molecule has 0 radical (unpaired) electrons. The van der Waals surface area contributed by atoms with Crippen molar-refractivity contribution < 1.29 is 24.1 Å². The zero-order valence-electron chi connectivity index (χ0n) is 24.3. The van der Waals surface area contributed by atoms with Crippen LogP contribution in [0.2, 0.25) is 5.15 Å². The number of carbonyl (C=O) groups excluding carboxylic acids is 1. The van der Waals surface area contributed by atoms with Gasteiger partial charge in [-0.05, 0) is 30.5 Å². The first-order valence-electron chi connectivity index (χ1n) is 14.1. The number of halogens is 1. The number of hydrogen-bond donors (Lipinski definition) is 5. The van der Waals surface area contributed by atoms with Gasteiger partial charge >= 0.3 is 0 Å². The van der Waals surface area contributed by atoms with Gasteiger partial charge in [-0.1, -0.05) is 28.9 Å². The van der Waals surface area contributed by atoms with Gasteiger partial charge in [0.2, 0.25) is 0 Å². The van der Waals surface area contributed by atoms with Crippen LogP contribution >= 0.6 is 11.6 Å². The van der Waals surface area contributed by atoms with Crippen molar-refractivity contribution in [3.63, 3.8) is 0 Å². The second kappa shape index (κ2) is 16.7. The molecule has 3 heterocycles. The summed E-state index contributed by atoms with van der Waals surface area (Å²) in [5.41, 5.74) is 19.0. The van der Waals surface area contributed by atoms with Gasteiger partial charge in [-0.2, -0.15) is 0 Å². The number of nitrogen functional groups attached to an aromatic ring is 2. The van der Waals surface area contributed by atoms with Crippen molar-refractivity contribution in [2.45, 2.75) is 38.6 Å². The number of piperidine rings is 1. The van der Waals surface area contributed by atoms with Crippen molar-refractivity contribution in [1.82, 2.24) is 35.2 Å². The molecule has 1 aromatic carbocycles. The predicted octanol–water partition coefficient (Wildman–Crippen LogP) is 0.200. The number of nitrogens with two attached hydrogens (primary N) is 3. The Kier molecular flexibility index (Phi) is 12.4. The van der Waals surface area contributed by atoms with Crippen molar-refractivity contribution in [2.75, 3.05) is 57.6 Å². The smallest absolute Gasteiger partial charge is 0.280 e. The molecule has 44 heavy (non-hydrogen) atoms. The standard InChI is InChI=1S/C27H38ClN11O5/c28-23-25(30)34-24(29)22(33-23)26(41)35-27(31)32-19-5-7-38(8-6-19)15-18-1-3-21(4-2-18)44-17-20-16-39(37-36-20)9-11-42-13-14-43-12-10-40/h1-4,16,19,40H,5-15,17H2,(H4,29,30,34)(H3,31,32,35,41). The van der Waals surface area contributed by atoms with Crippen LogP contribution in [0.15, 0.2) is 35.5 Å². The van der Waals surface area contributed by atoms with Crippen molar-refractivity contribution in [3.05, 3.63) is 52.6 Å². The third kappa shape index (κ3) is 10.3. The molecular formula is C27H38ClN11O5. The van der Waals surface area contributed by atoms with Crippen molar-refractivity contribution in [1.29, 1.82) is 0 Å². The molecule has 16 nitrogen and oxygen atoms in total. The number of carbonyl (C=O) groups is 1. The zero-order chi connectivity index (χ0) is 31.3. The van der Waals surface area contributed by atoms with Gasteiger partial charge in [0.1, 0.15) is 18.1 Å². The lowest BCUT2D eigenvalue weighted by atomic mass is 10.0. The minimum absolute atomic E-state index is 0.00511. The highest BCUT2D eigenvalue weighted by molar-refractivity contribution is 6.31. The molecule has 1 aliphatic rings. The first kappa shape index (κ1) is 32.8. The zero-order valence-corrected chi connectivity index (χ0v) is 25.0. The first-order chi connectivity index (χ1) is 21.3. The summed E-state index contributed by atoms with van der Waals surface area (Å²) in [5, 5.41) is 19.3. The van der Waals surface area contributed by atoms with E-state index in [4.69, 9.17) is 48.1 Å². The Balaban J connectivity index is 1.14. The average Bonchev–Trinajstić information content (AvgIpc) is 3.46. The second-order valence-corrected chi connectivity index (χ2v) is 10.3. The van der Waals surface area contributed by atoms with Crippen LogP contribution in [0.3, 0.4) is 0 Å². The van der Waals surface area contributed by atoms with Gasteiger partial charge in [0.05, 0.1) is 51.8 Å². The number of aliphatic hydroxyl groups is 1. The highest BCUT2D eigenvalue weighted by atomic mass is 35.5. The number of ether oxygens (including phenoxy) is 3. The lowest BCUT2D eigenvalue weighted by molar-refractivity contribution is 0.0302. The van der Waals surface area contributed by atoms with Crippen molar-refractivity contribution in [3.8, 4) is 5.75 Å². The van der Waals surface area contributed by atoms with Gasteiger partial charge in [-0.3, -0.25) is 15.0 Å². The van der Waals surface area contributed by atoms with Crippen LogP contribution in [0.25, 0.3) is 0 Å². The Morgan fingerprint density at radius 2 is 1.80 bits per heavy atom. The van der Waals surface area contributed by atoms with Crippen LogP contribution in [0.5, 0.6) is 5.75 Å². The molecule has 0 saturated carbocycles. The van der Waals surface area contributed by atoms with E-state index in [1.807, 2.05) is 30.5 Å². The van der Waals surface area contributed by atoms with Gasteiger partial charge in [0.25, 0.3) is 5.91 Å². The maximum atomic E-state index is 12.5. The third-order valence-corrected chi connectivity index (χ3v) is 6.89. The number of anilines is 2. The van der Waals surface area contributed by atoms with Crippen LogP contribution in [-0.4, -0.2) is 99.0 Å². The molecule has 0 spiro atoms. The van der Waals surface area contributed by atoms with Gasteiger partial charge in [0, 0.05) is 19.6 Å². The highest BCUT2D eigenvalue weighted by Gasteiger charge is 2.21. The lowest BCUT2D eigenvalue weighted by Gasteiger charge is -2.30. The molecule has 1 saturated heterocycles. The number of aromatic nitrogens is 5. The maximum absolute atomic E-state index is 12.5. The van der Waals surface area contributed by atoms with Gasteiger partial charge < -0.3 is 36.5 Å². The number of aliphatic imine (C=N–C) groups is 1. The van der Waals surface area contributed by atoms with Gasteiger partial charge in [-0.15, -0.1) is 5.10 Å². The predicted molar refractivity (Wildman–Crippen MR) is 163 cm³/mol. The number of hydrogen-bond acceptors (Lipinski definition) is 13. The largest absolute Gasteiger partial charge is 0.487 e. The molecule has 0 unspecified atom stereocenters. The molecule has 1 fully saturated rings. The monoisotopic (exact) mass is 631 g/mol. The van der Waals surface area contributed by atoms with E-state index in [2.05, 4.69) is 35.5 Å². The fraction of sp³-hybridized carbons (Fsp3) is 0.481. The maximum Gasteiger partial charge on any atom is 0.280 e. The number of aliphatic hydroxyl groups excluding tert-OH is 1. The van der Waals surface area contributed by atoms with Crippen LogP contribution in [0, 0.1) is 0 Å². The molecule has 238 valence electrons. The first-order valence-corrected chi connectivity index (χ1v) is 14.5. The average molecular weight is 632 g/mol. The van der Waals surface area contributed by atoms with E-state index >= 15 is 0 Å². The Labute approximate surface area is 259 Å². The third-order valence-electron chi connectivity index (χ3n) is 6.61. The van der Waals surface area contributed by atoms with E-state index in [1.165, 1.54) is 5.56 Å². The summed E-state index contributed by atoms with van der Waals surface area (Å²) in [5.74, 6) is -0.145. The van der Waals surface area contributed by atoms with E-state index in [1.54, 1.807) is 4.68 Å². The quantitative estimate of drug-likeness (QED) is 0.0859. The van der Waals surface area contributed by atoms with E-state index in [0.717, 1.165) is 43.9 Å². The fourth-order valence-electron chi connectivity index (χ4n) is 4.38. The van der Waals surface area contributed by atoms with E-state index in [9.17, 15) is 4.79 Å². The summed E-state index contributed by atoms with van der Waals surface area (Å²) in [6.07, 6.45) is 3.41. The van der Waals surface area contributed by atoms with Crippen molar-refractivity contribution >= 4 is 35.1 Å². The Hall–Kier alpha value is -4.09. The number of nitrogens with zero attached hydrogens (tertiary/aromatic N) is 7. The summed E-state index contributed by atoms with van der Waals surface area (Å²) in [6.45, 7) is 5.04. The van der Waals surface area contributed by atoms with Crippen LogP contribution in [0.1, 0.15) is 34.6 Å². The van der Waals surface area contributed by atoms with Crippen LogP contribution in [0.4, 0.5) is 11.6 Å². The summed E-state index contributed by atoms with van der Waals surface area (Å²) in [7, 11) is 0. The van der Waals surface area contributed by atoms with Crippen molar-refractivity contribution in [2.24, 2.45) is 10.7 Å². The molecule has 0 atom stereocenters. The number of rotatable bonds is 15. The normalized spacial score (nSPS) is 14.5. The molecule has 2 aromatic heterocycles. The molecular weight excluding hydrogens is 594 g/mol. The summed E-state index contributed by atoms with van der Waals surface area (Å²) in [4.78, 5) is 26.9. The Morgan fingerprint density at radius 3 is 2.52 bits per heavy atom. The Morgan fingerprint density at radius 1 is 1.07 bits per heavy atom. The number of likely N-dealkylation sites (tertiary alicyclic amines) is 1.